The summed E-state index contributed by atoms with van der Waals surface area (Å²) in [6.45, 7) is 9.41. The number of hydrogen-bond donors (Lipinski definition) is 1. The lowest BCUT2D eigenvalue weighted by Gasteiger charge is -2.29. The maximum absolute atomic E-state index is 10.9. The van der Waals surface area contributed by atoms with E-state index < -0.39 is 6.10 Å². The van der Waals surface area contributed by atoms with Crippen LogP contribution in [0.1, 0.15) is 30.7 Å². The van der Waals surface area contributed by atoms with Crippen molar-refractivity contribution in [3.8, 4) is 28.8 Å². The second-order valence-electron chi connectivity index (χ2n) is 9.62. The van der Waals surface area contributed by atoms with Gasteiger partial charge in [-0.2, -0.15) is 5.10 Å². The average molecular weight is 516 g/mol. The zero-order valence-corrected chi connectivity index (χ0v) is 22.8. The molecule has 0 spiro atoms. The summed E-state index contributed by atoms with van der Waals surface area (Å²) in [5, 5.41) is 15.7. The summed E-state index contributed by atoms with van der Waals surface area (Å²) in [5.74, 6) is 2.65. The van der Waals surface area contributed by atoms with Gasteiger partial charge in [0.05, 0.1) is 24.1 Å². The Morgan fingerprint density at radius 2 is 1.50 bits per heavy atom. The number of benzene rings is 3. The van der Waals surface area contributed by atoms with E-state index in [-0.39, 0.29) is 12.6 Å². The first kappa shape index (κ1) is 27.2. The minimum Gasteiger partial charge on any atom is -0.493 e. The van der Waals surface area contributed by atoms with Gasteiger partial charge in [-0.15, -0.1) is 0 Å². The number of aliphatic hydroxyl groups is 1. The van der Waals surface area contributed by atoms with Gasteiger partial charge in [-0.25, -0.2) is 4.68 Å². The van der Waals surface area contributed by atoms with Crippen LogP contribution in [0.3, 0.4) is 0 Å². The number of para-hydroxylation sites is 4. The first-order valence-corrected chi connectivity index (χ1v) is 12.9. The van der Waals surface area contributed by atoms with Crippen molar-refractivity contribution >= 4 is 0 Å². The molecule has 4 aromatic rings. The predicted molar refractivity (Wildman–Crippen MR) is 150 cm³/mol. The first-order valence-electron chi connectivity index (χ1n) is 12.9. The summed E-state index contributed by atoms with van der Waals surface area (Å²) in [6.07, 6.45) is -0.667. The minimum atomic E-state index is -0.667. The zero-order valence-electron chi connectivity index (χ0n) is 22.8. The van der Waals surface area contributed by atoms with E-state index in [1.807, 2.05) is 97.4 Å². The molecule has 0 fully saturated rings. The number of methoxy groups -OCH3 is 1. The minimum absolute atomic E-state index is 0.168. The van der Waals surface area contributed by atoms with Crippen LogP contribution in [0.25, 0.3) is 5.69 Å². The molecule has 0 radical (unpaired) electrons. The second-order valence-corrected chi connectivity index (χ2v) is 9.62. The lowest BCUT2D eigenvalue weighted by Crippen LogP contribution is -2.39. The van der Waals surface area contributed by atoms with E-state index in [9.17, 15) is 5.11 Å². The van der Waals surface area contributed by atoms with Crippen molar-refractivity contribution in [3.63, 3.8) is 0 Å². The van der Waals surface area contributed by atoms with Gasteiger partial charge in [0.15, 0.2) is 11.5 Å². The maximum Gasteiger partial charge on any atom is 0.227 e. The second kappa shape index (κ2) is 12.6. The first-order chi connectivity index (χ1) is 18.4. The standard InChI is InChI=1S/C31H37N3O4/c1-22(2)33(19-26(35)21-37-28-16-10-9-13-23(28)3)20-27-24(4)32-34(25-14-7-6-8-15-25)31(27)38-30-18-12-11-17-29(30)36-5/h6-18,22,26,35H,19-21H2,1-5H3. The van der Waals surface area contributed by atoms with Crippen LogP contribution in [0.5, 0.6) is 23.1 Å². The summed E-state index contributed by atoms with van der Waals surface area (Å²) >= 11 is 0. The molecular weight excluding hydrogens is 478 g/mol. The average Bonchev–Trinajstić information content (AvgIpc) is 3.23. The van der Waals surface area contributed by atoms with Gasteiger partial charge in [0, 0.05) is 19.1 Å². The lowest BCUT2D eigenvalue weighted by atomic mass is 10.2. The molecule has 7 heteroatoms. The zero-order chi connectivity index (χ0) is 27.1. The summed E-state index contributed by atoms with van der Waals surface area (Å²) in [5.41, 5.74) is 3.74. The van der Waals surface area contributed by atoms with Crippen molar-refractivity contribution in [1.29, 1.82) is 0 Å². The molecule has 1 aromatic heterocycles. The predicted octanol–water partition coefficient (Wildman–Crippen LogP) is 5.94. The Kier molecular flexibility index (Phi) is 9.05. The Hall–Kier alpha value is -3.81. The van der Waals surface area contributed by atoms with Crippen molar-refractivity contribution in [3.05, 3.63) is 95.7 Å². The normalized spacial score (nSPS) is 12.1. The highest BCUT2D eigenvalue weighted by molar-refractivity contribution is 5.47. The Balaban J connectivity index is 1.61. The lowest BCUT2D eigenvalue weighted by molar-refractivity contribution is 0.0538. The number of hydrogen-bond acceptors (Lipinski definition) is 6. The third kappa shape index (κ3) is 6.54. The number of aryl methyl sites for hydroxylation is 2. The number of aliphatic hydroxyl groups excluding tert-OH is 1. The highest BCUT2D eigenvalue weighted by atomic mass is 16.5. The number of ether oxygens (including phenoxy) is 3. The topological polar surface area (TPSA) is 69.0 Å². The molecule has 0 bridgehead atoms. The molecule has 1 heterocycles. The van der Waals surface area contributed by atoms with Crippen LogP contribution in [-0.4, -0.2) is 52.2 Å². The van der Waals surface area contributed by atoms with Crippen molar-refractivity contribution < 1.29 is 19.3 Å². The fourth-order valence-electron chi connectivity index (χ4n) is 4.27. The summed E-state index contributed by atoms with van der Waals surface area (Å²) in [4.78, 5) is 2.21. The van der Waals surface area contributed by atoms with E-state index in [1.54, 1.807) is 7.11 Å². The molecule has 0 saturated heterocycles. The third-order valence-corrected chi connectivity index (χ3v) is 6.48. The van der Waals surface area contributed by atoms with Gasteiger partial charge in [-0.3, -0.25) is 4.90 Å². The van der Waals surface area contributed by atoms with Crippen molar-refractivity contribution in [2.24, 2.45) is 0 Å². The fraction of sp³-hybridized carbons (Fsp3) is 0.323. The van der Waals surface area contributed by atoms with Gasteiger partial charge in [0.1, 0.15) is 18.5 Å². The molecule has 7 nitrogen and oxygen atoms in total. The molecule has 1 atom stereocenters. The van der Waals surface area contributed by atoms with Crippen molar-refractivity contribution in [1.82, 2.24) is 14.7 Å². The fourth-order valence-corrected chi connectivity index (χ4v) is 4.27. The Morgan fingerprint density at radius 1 is 0.868 bits per heavy atom. The third-order valence-electron chi connectivity index (χ3n) is 6.48. The molecule has 0 saturated carbocycles. The number of nitrogens with zero attached hydrogens (tertiary/aromatic N) is 3. The van der Waals surface area contributed by atoms with E-state index in [0.717, 1.165) is 28.3 Å². The summed E-state index contributed by atoms with van der Waals surface area (Å²) in [6, 6.07) is 25.5. The van der Waals surface area contributed by atoms with E-state index in [0.29, 0.717) is 30.5 Å². The van der Waals surface area contributed by atoms with Gasteiger partial charge in [-0.05, 0) is 63.6 Å². The van der Waals surface area contributed by atoms with Gasteiger partial charge < -0.3 is 19.3 Å². The van der Waals surface area contributed by atoms with Crippen LogP contribution in [-0.2, 0) is 6.54 Å². The molecule has 1 N–H and O–H groups in total. The monoisotopic (exact) mass is 515 g/mol. The quantitative estimate of drug-likeness (QED) is 0.252. The van der Waals surface area contributed by atoms with Gasteiger partial charge in [0.25, 0.3) is 0 Å². The van der Waals surface area contributed by atoms with Crippen molar-refractivity contribution in [2.45, 2.75) is 46.4 Å². The van der Waals surface area contributed by atoms with E-state index in [1.165, 1.54) is 0 Å². The Labute approximate surface area is 225 Å². The summed E-state index contributed by atoms with van der Waals surface area (Å²) in [7, 11) is 1.63. The molecular formula is C31H37N3O4. The van der Waals surface area contributed by atoms with Crippen LogP contribution >= 0.6 is 0 Å². The maximum atomic E-state index is 10.9. The number of aromatic nitrogens is 2. The highest BCUT2D eigenvalue weighted by Gasteiger charge is 2.24. The van der Waals surface area contributed by atoms with Crippen molar-refractivity contribution in [2.75, 3.05) is 20.3 Å². The van der Waals surface area contributed by atoms with Gasteiger partial charge in [0.2, 0.25) is 5.88 Å². The smallest absolute Gasteiger partial charge is 0.227 e. The van der Waals surface area contributed by atoms with E-state index in [4.69, 9.17) is 19.3 Å². The molecule has 38 heavy (non-hydrogen) atoms. The van der Waals surface area contributed by atoms with Crippen LogP contribution < -0.4 is 14.2 Å². The van der Waals surface area contributed by atoms with Crippen LogP contribution in [0.4, 0.5) is 0 Å². The molecule has 3 aromatic carbocycles. The largest absolute Gasteiger partial charge is 0.493 e. The molecule has 1 unspecified atom stereocenters. The SMILES string of the molecule is COc1ccccc1Oc1c(CN(CC(O)COc2ccccc2C)C(C)C)c(C)nn1-c1ccccc1. The molecule has 0 aliphatic heterocycles. The van der Waals surface area contributed by atoms with Crippen LogP contribution in [0, 0.1) is 13.8 Å². The molecule has 0 aliphatic rings. The Morgan fingerprint density at radius 3 is 2.16 bits per heavy atom. The molecule has 0 amide bonds. The van der Waals surface area contributed by atoms with E-state index in [2.05, 4.69) is 18.7 Å². The summed E-state index contributed by atoms with van der Waals surface area (Å²) < 4.78 is 19.8. The number of rotatable bonds is 12. The molecule has 200 valence electrons. The van der Waals surface area contributed by atoms with E-state index >= 15 is 0 Å². The Bertz CT molecular complexity index is 1320. The van der Waals surface area contributed by atoms with Crippen LogP contribution in [0.2, 0.25) is 0 Å². The molecule has 0 aliphatic carbocycles. The van der Waals surface area contributed by atoms with Gasteiger partial charge in [-0.1, -0.05) is 48.5 Å². The van der Waals surface area contributed by atoms with Crippen LogP contribution in [0.15, 0.2) is 78.9 Å². The highest BCUT2D eigenvalue weighted by Crippen LogP contribution is 2.36. The van der Waals surface area contributed by atoms with Gasteiger partial charge >= 0.3 is 0 Å². The molecule has 4 rings (SSSR count).